The van der Waals surface area contributed by atoms with E-state index in [-0.39, 0.29) is 16.6 Å². The molecule has 1 N–H and O–H groups in total. The van der Waals surface area contributed by atoms with Gasteiger partial charge < -0.3 is 10.1 Å². The molecule has 0 radical (unpaired) electrons. The monoisotopic (exact) mass is 424 g/mol. The minimum Gasteiger partial charge on any atom is -0.380 e. The molecule has 1 saturated heterocycles. The Balaban J connectivity index is 1.51. The van der Waals surface area contributed by atoms with Crippen LogP contribution in [0.1, 0.15) is 17.2 Å². The summed E-state index contributed by atoms with van der Waals surface area (Å²) in [5, 5.41) is 7.83. The van der Waals surface area contributed by atoms with E-state index in [0.29, 0.717) is 18.8 Å². The summed E-state index contributed by atoms with van der Waals surface area (Å²) >= 11 is 6.41. The summed E-state index contributed by atoms with van der Waals surface area (Å²) in [6.07, 6.45) is 1.63. The van der Waals surface area contributed by atoms with E-state index < -0.39 is 0 Å². The van der Waals surface area contributed by atoms with Gasteiger partial charge in [0, 0.05) is 19.6 Å². The van der Waals surface area contributed by atoms with Gasteiger partial charge >= 0.3 is 0 Å². The van der Waals surface area contributed by atoms with Crippen molar-refractivity contribution in [2.24, 2.45) is 0 Å². The molecular weight excluding hydrogens is 400 g/mol. The number of hydrogen-bond donors (Lipinski definition) is 1. The van der Waals surface area contributed by atoms with Crippen LogP contribution in [0, 0.1) is 0 Å². The van der Waals surface area contributed by atoms with Gasteiger partial charge in [-0.05, 0) is 11.1 Å². The molecule has 1 aliphatic rings. The molecule has 2 heterocycles. The molecule has 1 unspecified atom stereocenters. The summed E-state index contributed by atoms with van der Waals surface area (Å²) in [5.41, 5.74) is 2.47. The Morgan fingerprint density at radius 3 is 2.40 bits per heavy atom. The summed E-state index contributed by atoms with van der Waals surface area (Å²) in [6, 6.07) is 20.2. The molecule has 0 bridgehead atoms. The number of anilines is 1. The van der Waals surface area contributed by atoms with Crippen LogP contribution < -0.4 is 10.9 Å². The van der Waals surface area contributed by atoms with Gasteiger partial charge in [-0.1, -0.05) is 72.3 Å². The van der Waals surface area contributed by atoms with E-state index in [9.17, 15) is 4.79 Å². The van der Waals surface area contributed by atoms with Crippen LogP contribution in [0.3, 0.4) is 0 Å². The van der Waals surface area contributed by atoms with E-state index in [1.54, 1.807) is 6.20 Å². The second kappa shape index (κ2) is 9.89. The third kappa shape index (κ3) is 4.90. The molecule has 0 saturated carbocycles. The number of nitrogens with zero attached hydrogens (tertiary/aromatic N) is 3. The lowest BCUT2D eigenvalue weighted by Crippen LogP contribution is -2.41. The van der Waals surface area contributed by atoms with Crippen molar-refractivity contribution in [1.82, 2.24) is 14.7 Å². The Kier molecular flexibility index (Phi) is 6.79. The van der Waals surface area contributed by atoms with E-state index in [1.807, 2.05) is 48.5 Å². The van der Waals surface area contributed by atoms with Crippen LogP contribution >= 0.6 is 11.6 Å². The average Bonchev–Trinajstić information content (AvgIpc) is 2.80. The minimum absolute atomic E-state index is 0.151. The predicted molar refractivity (Wildman–Crippen MR) is 119 cm³/mol. The Labute approximate surface area is 181 Å². The largest absolute Gasteiger partial charge is 0.380 e. The van der Waals surface area contributed by atoms with Crippen LogP contribution in [-0.2, 0) is 11.3 Å². The number of morpholine rings is 1. The second-order valence-corrected chi connectivity index (χ2v) is 7.65. The van der Waals surface area contributed by atoms with Crippen molar-refractivity contribution < 1.29 is 4.74 Å². The average molecular weight is 425 g/mol. The summed E-state index contributed by atoms with van der Waals surface area (Å²) in [4.78, 5) is 15.1. The van der Waals surface area contributed by atoms with E-state index >= 15 is 0 Å². The van der Waals surface area contributed by atoms with Gasteiger partial charge in [-0.25, -0.2) is 4.68 Å². The number of ether oxygens (including phenoxy) is 1. The number of benzene rings is 2. The predicted octanol–water partition coefficient (Wildman–Crippen LogP) is 3.43. The molecule has 2 aromatic carbocycles. The van der Waals surface area contributed by atoms with E-state index in [2.05, 4.69) is 27.4 Å². The van der Waals surface area contributed by atoms with Crippen molar-refractivity contribution in [3.8, 4) is 0 Å². The smallest absolute Gasteiger partial charge is 0.287 e. The van der Waals surface area contributed by atoms with Crippen LogP contribution in [0.25, 0.3) is 0 Å². The molecule has 3 aromatic rings. The van der Waals surface area contributed by atoms with E-state index in [0.717, 1.165) is 31.9 Å². The summed E-state index contributed by atoms with van der Waals surface area (Å²) in [5.74, 6) is 0. The van der Waals surface area contributed by atoms with Gasteiger partial charge in [-0.3, -0.25) is 9.69 Å². The third-order valence-corrected chi connectivity index (χ3v) is 5.68. The van der Waals surface area contributed by atoms with Gasteiger partial charge in [0.25, 0.3) is 5.56 Å². The first-order valence-corrected chi connectivity index (χ1v) is 10.5. The summed E-state index contributed by atoms with van der Waals surface area (Å²) in [7, 11) is 0. The number of halogens is 1. The van der Waals surface area contributed by atoms with Gasteiger partial charge in [-0.2, -0.15) is 5.10 Å². The topological polar surface area (TPSA) is 59.4 Å². The Hall–Kier alpha value is -2.67. The number of rotatable bonds is 7. The Morgan fingerprint density at radius 2 is 1.70 bits per heavy atom. The molecule has 7 heteroatoms. The van der Waals surface area contributed by atoms with Crippen molar-refractivity contribution >= 4 is 17.3 Å². The highest BCUT2D eigenvalue weighted by Crippen LogP contribution is 2.24. The molecule has 1 aromatic heterocycles. The molecule has 30 heavy (non-hydrogen) atoms. The molecule has 156 valence electrons. The maximum atomic E-state index is 12.7. The first-order valence-electron chi connectivity index (χ1n) is 10.1. The van der Waals surface area contributed by atoms with Gasteiger partial charge in [0.1, 0.15) is 5.02 Å². The number of nitrogens with one attached hydrogen (secondary N) is 1. The Morgan fingerprint density at radius 1 is 1.03 bits per heavy atom. The molecular formula is C23H25ClN4O2. The highest BCUT2D eigenvalue weighted by molar-refractivity contribution is 6.32. The fraction of sp³-hybridized carbons (Fsp3) is 0.304. The van der Waals surface area contributed by atoms with E-state index in [4.69, 9.17) is 16.3 Å². The molecule has 1 atom stereocenters. The van der Waals surface area contributed by atoms with Crippen LogP contribution in [0.4, 0.5) is 5.69 Å². The maximum Gasteiger partial charge on any atom is 0.287 e. The lowest BCUT2D eigenvalue weighted by atomic mass is 10.0. The highest BCUT2D eigenvalue weighted by Gasteiger charge is 2.23. The van der Waals surface area contributed by atoms with Crippen LogP contribution in [-0.4, -0.2) is 47.5 Å². The number of hydrogen-bond acceptors (Lipinski definition) is 5. The van der Waals surface area contributed by atoms with Crippen LogP contribution in [0.2, 0.25) is 5.02 Å². The minimum atomic E-state index is -0.298. The van der Waals surface area contributed by atoms with E-state index in [1.165, 1.54) is 10.2 Å². The molecule has 0 spiro atoms. The zero-order chi connectivity index (χ0) is 20.8. The van der Waals surface area contributed by atoms with Crippen LogP contribution in [0.15, 0.2) is 71.7 Å². The van der Waals surface area contributed by atoms with Crippen molar-refractivity contribution in [2.75, 3.05) is 38.2 Å². The van der Waals surface area contributed by atoms with Crippen LogP contribution in [0.5, 0.6) is 0 Å². The lowest BCUT2D eigenvalue weighted by molar-refractivity contribution is 0.0187. The first kappa shape index (κ1) is 20.6. The molecule has 0 aliphatic carbocycles. The zero-order valence-electron chi connectivity index (χ0n) is 16.7. The molecule has 1 aliphatic heterocycles. The fourth-order valence-electron chi connectivity index (χ4n) is 3.69. The molecule has 4 rings (SSSR count). The fourth-order valence-corrected chi connectivity index (χ4v) is 3.90. The third-order valence-electron chi connectivity index (χ3n) is 5.32. The standard InChI is InChI=1S/C23H25ClN4O2/c24-22-20(15-26-28(23(22)29)17-18-7-3-1-4-8-18)25-16-21(19-9-5-2-6-10-19)27-11-13-30-14-12-27/h1-10,15,21,25H,11-14,16-17H2. The lowest BCUT2D eigenvalue weighted by Gasteiger charge is -2.35. The van der Waals surface area contributed by atoms with Crippen molar-refractivity contribution in [1.29, 1.82) is 0 Å². The summed E-state index contributed by atoms with van der Waals surface area (Å²) < 4.78 is 6.90. The van der Waals surface area contributed by atoms with Gasteiger partial charge in [0.05, 0.1) is 37.7 Å². The Bertz CT molecular complexity index is 1000. The SMILES string of the molecule is O=c1c(Cl)c(NCC(c2ccccc2)N2CCOCC2)cnn1Cc1ccccc1. The van der Waals surface area contributed by atoms with Gasteiger partial charge in [0.15, 0.2) is 0 Å². The van der Waals surface area contributed by atoms with Crippen molar-refractivity contribution in [3.63, 3.8) is 0 Å². The maximum absolute atomic E-state index is 12.7. The quantitative estimate of drug-likeness (QED) is 0.629. The van der Waals surface area contributed by atoms with Crippen molar-refractivity contribution in [3.05, 3.63) is 93.4 Å². The van der Waals surface area contributed by atoms with Gasteiger partial charge in [-0.15, -0.1) is 0 Å². The first-order chi connectivity index (χ1) is 14.7. The normalized spacial score (nSPS) is 15.6. The zero-order valence-corrected chi connectivity index (χ0v) is 17.5. The molecule has 0 amide bonds. The molecule has 1 fully saturated rings. The second-order valence-electron chi connectivity index (χ2n) is 7.28. The van der Waals surface area contributed by atoms with Crippen molar-refractivity contribution in [2.45, 2.75) is 12.6 Å². The highest BCUT2D eigenvalue weighted by atomic mass is 35.5. The summed E-state index contributed by atoms with van der Waals surface area (Å²) in [6.45, 7) is 4.19. The molecule has 6 nitrogen and oxygen atoms in total. The van der Waals surface area contributed by atoms with Gasteiger partial charge in [0.2, 0.25) is 0 Å². The number of aromatic nitrogens is 2.